The highest BCUT2D eigenvalue weighted by Crippen LogP contribution is 1.96. The number of carbonyl (C=O) groups is 1. The van der Waals surface area contributed by atoms with E-state index in [4.69, 9.17) is 8.48 Å². The molecule has 0 bridgehead atoms. The van der Waals surface area contributed by atoms with Crippen LogP contribution < -0.4 is 11.1 Å². The van der Waals surface area contributed by atoms with Gasteiger partial charge >= 0.3 is 0 Å². The summed E-state index contributed by atoms with van der Waals surface area (Å²) >= 11 is 0. The zero-order valence-corrected chi connectivity index (χ0v) is 7.50. The minimum Gasteiger partial charge on any atom is -0.351 e. The largest absolute Gasteiger partial charge is 0.351 e. The van der Waals surface area contributed by atoms with Crippen molar-refractivity contribution in [3.8, 4) is 0 Å². The molecule has 0 aliphatic heterocycles. The highest BCUT2D eigenvalue weighted by molar-refractivity contribution is 5.80. The summed E-state index contributed by atoms with van der Waals surface area (Å²) in [7, 11) is 0. The van der Waals surface area contributed by atoms with Crippen molar-refractivity contribution in [2.24, 2.45) is 5.73 Å². The van der Waals surface area contributed by atoms with Gasteiger partial charge in [0.15, 0.2) is 0 Å². The highest BCUT2D eigenvalue weighted by Gasteiger charge is 2.05. The molecular weight excluding hydrogens is 164 g/mol. The third kappa shape index (κ3) is 3.25. The summed E-state index contributed by atoms with van der Waals surface area (Å²) < 4.78 is 15.0. The summed E-state index contributed by atoms with van der Waals surface area (Å²) in [6.45, 7) is 1.84. The predicted molar refractivity (Wildman–Crippen MR) is 51.9 cm³/mol. The van der Waals surface area contributed by atoms with Crippen LogP contribution in [0.2, 0.25) is 0 Å². The van der Waals surface area contributed by atoms with Crippen LogP contribution in [0, 0.1) is 0 Å². The van der Waals surface area contributed by atoms with E-state index in [1.807, 2.05) is 0 Å². The average molecular weight is 180 g/mol. The van der Waals surface area contributed by atoms with Gasteiger partial charge in [-0.1, -0.05) is 30.3 Å². The Morgan fingerprint density at radius 1 is 1.77 bits per heavy atom. The van der Waals surface area contributed by atoms with Gasteiger partial charge in [0.05, 0.1) is 8.78 Å². The zero-order chi connectivity index (χ0) is 11.4. The topological polar surface area (TPSA) is 55.1 Å². The number of benzene rings is 1. The minimum atomic E-state index is -0.557. The minimum absolute atomic E-state index is 0.141. The van der Waals surface area contributed by atoms with Gasteiger partial charge in [-0.3, -0.25) is 4.79 Å². The number of nitrogens with two attached hydrogens (primary N) is 1. The lowest BCUT2D eigenvalue weighted by Gasteiger charge is -2.06. The second-order valence-electron chi connectivity index (χ2n) is 2.83. The van der Waals surface area contributed by atoms with E-state index in [2.05, 4.69) is 5.32 Å². The van der Waals surface area contributed by atoms with E-state index < -0.39 is 6.04 Å². The maximum atomic E-state index is 11.2. The van der Waals surface area contributed by atoms with Crippen molar-refractivity contribution in [2.45, 2.75) is 19.5 Å². The van der Waals surface area contributed by atoms with Crippen molar-refractivity contribution in [2.75, 3.05) is 0 Å². The van der Waals surface area contributed by atoms with Gasteiger partial charge in [-0.15, -0.1) is 0 Å². The molecule has 0 spiro atoms. The van der Waals surface area contributed by atoms with Gasteiger partial charge < -0.3 is 11.1 Å². The summed E-state index contributed by atoms with van der Waals surface area (Å²) in [6, 6.07) is 4.68. The maximum Gasteiger partial charge on any atom is 0.236 e. The molecule has 0 unspecified atom stereocenters. The van der Waals surface area contributed by atoms with Gasteiger partial charge in [0.2, 0.25) is 5.91 Å². The Morgan fingerprint density at radius 2 is 2.54 bits per heavy atom. The molecule has 1 aromatic rings. The summed E-state index contributed by atoms with van der Waals surface area (Å²) in [5.41, 5.74) is 5.99. The first-order valence-electron chi connectivity index (χ1n) is 5.10. The molecule has 1 amide bonds. The summed E-state index contributed by atoms with van der Waals surface area (Å²) in [6.07, 6.45) is 0. The first-order chi connectivity index (χ1) is 7.02. The lowest BCUT2D eigenvalue weighted by atomic mass is 10.2. The van der Waals surface area contributed by atoms with Gasteiger partial charge in [0, 0.05) is 6.54 Å². The van der Waals surface area contributed by atoms with Crippen LogP contribution in [0.5, 0.6) is 0 Å². The highest BCUT2D eigenvalue weighted by atomic mass is 16.2. The maximum absolute atomic E-state index is 11.2. The molecule has 0 fully saturated rings. The predicted octanol–water partition coefficient (Wildman–Crippen LogP) is 0.650. The SMILES string of the molecule is [2H]c1cccc(CNC(=O)[C@H](C)N)c1[2H]. The second kappa shape index (κ2) is 4.62. The van der Waals surface area contributed by atoms with E-state index in [0.717, 1.165) is 0 Å². The average Bonchev–Trinajstić information content (AvgIpc) is 2.19. The van der Waals surface area contributed by atoms with Crippen molar-refractivity contribution in [1.29, 1.82) is 0 Å². The summed E-state index contributed by atoms with van der Waals surface area (Å²) in [5, 5.41) is 2.60. The molecule has 0 saturated heterocycles. The Balaban J connectivity index is 2.66. The zero-order valence-electron chi connectivity index (χ0n) is 9.50. The molecule has 0 heterocycles. The van der Waals surface area contributed by atoms with E-state index in [9.17, 15) is 4.79 Å². The molecule has 3 N–H and O–H groups in total. The molecule has 0 saturated carbocycles. The third-order valence-electron chi connectivity index (χ3n) is 1.58. The van der Waals surface area contributed by atoms with Gasteiger partial charge in [-0.25, -0.2) is 0 Å². The monoisotopic (exact) mass is 180 g/mol. The van der Waals surface area contributed by atoms with Crippen molar-refractivity contribution < 1.29 is 7.54 Å². The van der Waals surface area contributed by atoms with Crippen LogP contribution in [0.4, 0.5) is 0 Å². The molecule has 0 radical (unpaired) electrons. The summed E-state index contributed by atoms with van der Waals surface area (Å²) in [5.74, 6) is -0.259. The van der Waals surface area contributed by atoms with Crippen LogP contribution in [0.15, 0.2) is 30.3 Å². The number of amides is 1. The van der Waals surface area contributed by atoms with Gasteiger partial charge in [-0.2, -0.15) is 0 Å². The van der Waals surface area contributed by atoms with Gasteiger partial charge in [0.25, 0.3) is 0 Å². The molecule has 1 atom stereocenters. The Labute approximate surface area is 80.8 Å². The summed E-state index contributed by atoms with van der Waals surface area (Å²) in [4.78, 5) is 11.2. The van der Waals surface area contributed by atoms with Crippen molar-refractivity contribution in [3.05, 3.63) is 35.8 Å². The molecule has 0 aliphatic rings. The van der Waals surface area contributed by atoms with E-state index in [-0.39, 0.29) is 24.5 Å². The lowest BCUT2D eigenvalue weighted by Crippen LogP contribution is -2.37. The number of hydrogen-bond acceptors (Lipinski definition) is 2. The molecule has 0 aromatic heterocycles. The first kappa shape index (κ1) is 7.09. The standard InChI is InChI=1S/C10H14N2O/c1-8(11)10(13)12-7-9-5-3-2-4-6-9/h2-6,8H,7,11H2,1H3,(H,12,13)/t8-/m0/s1/i3D,5D. The van der Waals surface area contributed by atoms with Gasteiger partial charge in [0.1, 0.15) is 0 Å². The molecule has 70 valence electrons. The van der Waals surface area contributed by atoms with Crippen molar-refractivity contribution in [3.63, 3.8) is 0 Å². The number of rotatable bonds is 3. The third-order valence-corrected chi connectivity index (χ3v) is 1.58. The Hall–Kier alpha value is -1.35. The van der Waals surface area contributed by atoms with Crippen LogP contribution in [-0.2, 0) is 11.3 Å². The van der Waals surface area contributed by atoms with E-state index >= 15 is 0 Å². The van der Waals surface area contributed by atoms with Gasteiger partial charge in [-0.05, 0) is 12.5 Å². The van der Waals surface area contributed by atoms with Crippen LogP contribution in [-0.4, -0.2) is 11.9 Å². The lowest BCUT2D eigenvalue weighted by molar-refractivity contribution is -0.122. The normalized spacial score (nSPS) is 14.3. The molecule has 0 aliphatic carbocycles. The number of hydrogen-bond donors (Lipinski definition) is 2. The molecule has 1 aromatic carbocycles. The molecular formula is C10H14N2O. The fourth-order valence-corrected chi connectivity index (χ4v) is 0.835. The molecule has 1 rings (SSSR count). The Morgan fingerprint density at radius 3 is 3.23 bits per heavy atom. The van der Waals surface area contributed by atoms with Crippen molar-refractivity contribution >= 4 is 5.91 Å². The van der Waals surface area contributed by atoms with Crippen LogP contribution in [0.1, 0.15) is 15.2 Å². The fraction of sp³-hybridized carbons (Fsp3) is 0.300. The first-order valence-corrected chi connectivity index (χ1v) is 4.10. The Bertz CT molecular complexity index is 366. The number of nitrogens with one attached hydrogen (secondary N) is 1. The smallest absolute Gasteiger partial charge is 0.236 e. The van der Waals surface area contributed by atoms with Crippen molar-refractivity contribution in [1.82, 2.24) is 5.32 Å². The molecule has 13 heavy (non-hydrogen) atoms. The number of carbonyl (C=O) groups excluding carboxylic acids is 1. The van der Waals surface area contributed by atoms with E-state index in [0.29, 0.717) is 5.56 Å². The molecule has 3 heteroatoms. The quantitative estimate of drug-likeness (QED) is 0.717. The Kier molecular flexibility index (Phi) is 2.52. The van der Waals surface area contributed by atoms with E-state index in [1.165, 1.54) is 0 Å². The van der Waals surface area contributed by atoms with Crippen LogP contribution in [0.25, 0.3) is 0 Å². The molecule has 3 nitrogen and oxygen atoms in total. The van der Waals surface area contributed by atoms with Crippen LogP contribution in [0.3, 0.4) is 0 Å². The second-order valence-corrected chi connectivity index (χ2v) is 2.83. The van der Waals surface area contributed by atoms with Crippen LogP contribution >= 0.6 is 0 Å². The fourth-order valence-electron chi connectivity index (χ4n) is 0.835. The van der Waals surface area contributed by atoms with E-state index in [1.54, 1.807) is 25.1 Å².